The summed E-state index contributed by atoms with van der Waals surface area (Å²) in [7, 11) is 1.48. The molecule has 1 aromatic heterocycles. The standard InChI is InChI=1S/C20H28N4O3/c1-14-8-6-7-11-23(14)19(26)12-24-17-10-5-4-9-16(17)22-20(24)15(2)21-18(25)13-27-3/h4-5,9-10,14-15H,6-8,11-13H2,1-3H3,(H,21,25). The Morgan fingerprint density at radius 2 is 2.11 bits per heavy atom. The second-order valence-electron chi connectivity index (χ2n) is 7.20. The molecule has 1 aliphatic heterocycles. The zero-order chi connectivity index (χ0) is 19.4. The van der Waals surface area contributed by atoms with Gasteiger partial charge >= 0.3 is 0 Å². The van der Waals surface area contributed by atoms with Gasteiger partial charge in [0.05, 0.1) is 17.1 Å². The van der Waals surface area contributed by atoms with Gasteiger partial charge in [-0.25, -0.2) is 4.98 Å². The van der Waals surface area contributed by atoms with Crippen molar-refractivity contribution >= 4 is 22.8 Å². The second kappa shape index (κ2) is 8.52. The molecule has 0 aliphatic carbocycles. The van der Waals surface area contributed by atoms with Crippen molar-refractivity contribution in [2.45, 2.75) is 51.7 Å². The first-order valence-corrected chi connectivity index (χ1v) is 9.54. The van der Waals surface area contributed by atoms with Crippen LogP contribution in [0.4, 0.5) is 0 Å². The van der Waals surface area contributed by atoms with Crippen molar-refractivity contribution in [3.63, 3.8) is 0 Å². The van der Waals surface area contributed by atoms with Crippen LogP contribution >= 0.6 is 0 Å². The third-order valence-corrected chi connectivity index (χ3v) is 5.14. The number of ether oxygens (including phenoxy) is 1. The van der Waals surface area contributed by atoms with Crippen LogP contribution in [0, 0.1) is 0 Å². The molecule has 1 aliphatic rings. The van der Waals surface area contributed by atoms with Crippen LogP contribution in [0.25, 0.3) is 11.0 Å². The summed E-state index contributed by atoms with van der Waals surface area (Å²) in [4.78, 5) is 31.6. The van der Waals surface area contributed by atoms with Crippen molar-refractivity contribution < 1.29 is 14.3 Å². The summed E-state index contributed by atoms with van der Waals surface area (Å²) in [5.74, 6) is 0.570. The minimum absolute atomic E-state index is 0.00517. The Balaban J connectivity index is 1.88. The molecule has 7 nitrogen and oxygen atoms in total. The number of methoxy groups -OCH3 is 1. The maximum Gasteiger partial charge on any atom is 0.246 e. The van der Waals surface area contributed by atoms with Crippen LogP contribution in [0.1, 0.15) is 45.0 Å². The molecule has 1 fully saturated rings. The number of likely N-dealkylation sites (tertiary alicyclic amines) is 1. The van der Waals surface area contributed by atoms with Crippen molar-refractivity contribution in [1.29, 1.82) is 0 Å². The lowest BCUT2D eigenvalue weighted by Gasteiger charge is -2.33. The number of carbonyl (C=O) groups excluding carboxylic acids is 2. The molecule has 0 spiro atoms. The smallest absolute Gasteiger partial charge is 0.246 e. The number of imidazole rings is 1. The van der Waals surface area contributed by atoms with Crippen molar-refractivity contribution in [3.8, 4) is 0 Å². The molecule has 2 unspecified atom stereocenters. The number of nitrogens with one attached hydrogen (secondary N) is 1. The lowest BCUT2D eigenvalue weighted by molar-refractivity contribution is -0.135. The highest BCUT2D eigenvalue weighted by atomic mass is 16.5. The lowest BCUT2D eigenvalue weighted by atomic mass is 10.0. The van der Waals surface area contributed by atoms with E-state index in [0.29, 0.717) is 5.82 Å². The molecule has 146 valence electrons. The highest BCUT2D eigenvalue weighted by Gasteiger charge is 2.26. The molecular formula is C20H28N4O3. The molecule has 7 heteroatoms. The number of hydrogen-bond donors (Lipinski definition) is 1. The monoisotopic (exact) mass is 372 g/mol. The van der Waals surface area contributed by atoms with Gasteiger partial charge in [0.15, 0.2) is 0 Å². The van der Waals surface area contributed by atoms with Gasteiger partial charge in [-0.2, -0.15) is 0 Å². The van der Waals surface area contributed by atoms with Crippen LogP contribution in [-0.2, 0) is 20.9 Å². The fourth-order valence-corrected chi connectivity index (χ4v) is 3.76. The molecule has 0 bridgehead atoms. The Hall–Kier alpha value is -2.41. The van der Waals surface area contributed by atoms with E-state index in [1.165, 1.54) is 13.5 Å². The summed E-state index contributed by atoms with van der Waals surface area (Å²) >= 11 is 0. The van der Waals surface area contributed by atoms with Gasteiger partial charge in [0, 0.05) is 19.7 Å². The maximum absolute atomic E-state index is 13.0. The number of rotatable bonds is 6. The van der Waals surface area contributed by atoms with E-state index in [1.807, 2.05) is 40.7 Å². The highest BCUT2D eigenvalue weighted by molar-refractivity contribution is 5.82. The lowest BCUT2D eigenvalue weighted by Crippen LogP contribution is -2.44. The van der Waals surface area contributed by atoms with E-state index in [4.69, 9.17) is 4.74 Å². The maximum atomic E-state index is 13.0. The molecular weight excluding hydrogens is 344 g/mol. The number of amides is 2. The summed E-state index contributed by atoms with van der Waals surface area (Å²) in [6, 6.07) is 7.68. The normalized spacial score (nSPS) is 18.5. The third kappa shape index (κ3) is 4.30. The predicted molar refractivity (Wildman–Crippen MR) is 103 cm³/mol. The Labute approximate surface area is 159 Å². The Bertz CT molecular complexity index is 817. The number of nitrogens with zero attached hydrogens (tertiary/aromatic N) is 3. The van der Waals surface area contributed by atoms with Gasteiger partial charge in [-0.05, 0) is 45.2 Å². The first kappa shape index (κ1) is 19.4. The zero-order valence-corrected chi connectivity index (χ0v) is 16.3. The summed E-state index contributed by atoms with van der Waals surface area (Å²) in [6.07, 6.45) is 3.27. The number of hydrogen-bond acceptors (Lipinski definition) is 4. The fraction of sp³-hybridized carbons (Fsp3) is 0.550. The number of aromatic nitrogens is 2. The van der Waals surface area contributed by atoms with Gasteiger partial charge < -0.3 is 19.5 Å². The Morgan fingerprint density at radius 3 is 2.85 bits per heavy atom. The van der Waals surface area contributed by atoms with Gasteiger partial charge in [0.25, 0.3) is 0 Å². The highest BCUT2D eigenvalue weighted by Crippen LogP contribution is 2.23. The van der Waals surface area contributed by atoms with Gasteiger partial charge in [0.1, 0.15) is 19.0 Å². The van der Waals surface area contributed by atoms with Crippen molar-refractivity contribution in [2.24, 2.45) is 0 Å². The topological polar surface area (TPSA) is 76.5 Å². The van der Waals surface area contributed by atoms with Crippen LogP contribution in [-0.4, -0.2) is 52.6 Å². The van der Waals surface area contributed by atoms with Gasteiger partial charge in [-0.1, -0.05) is 12.1 Å². The minimum Gasteiger partial charge on any atom is -0.375 e. The molecule has 1 aromatic carbocycles. The third-order valence-electron chi connectivity index (χ3n) is 5.14. The second-order valence-corrected chi connectivity index (χ2v) is 7.20. The van der Waals surface area contributed by atoms with Crippen molar-refractivity contribution in [1.82, 2.24) is 19.8 Å². The number of benzene rings is 1. The molecule has 27 heavy (non-hydrogen) atoms. The van der Waals surface area contributed by atoms with E-state index in [1.54, 1.807) is 0 Å². The Morgan fingerprint density at radius 1 is 1.33 bits per heavy atom. The summed E-state index contributed by atoms with van der Waals surface area (Å²) in [5.41, 5.74) is 1.72. The number of para-hydroxylation sites is 2. The van der Waals surface area contributed by atoms with Gasteiger partial charge in [-0.3, -0.25) is 9.59 Å². The van der Waals surface area contributed by atoms with E-state index in [2.05, 4.69) is 17.2 Å². The van der Waals surface area contributed by atoms with E-state index < -0.39 is 0 Å². The van der Waals surface area contributed by atoms with E-state index in [-0.39, 0.29) is 37.0 Å². The predicted octanol–water partition coefficient (Wildman–Crippen LogP) is 2.26. The quantitative estimate of drug-likeness (QED) is 0.844. The number of carbonyl (C=O) groups is 2. The molecule has 3 rings (SSSR count). The molecule has 1 saturated heterocycles. The first-order valence-electron chi connectivity index (χ1n) is 9.54. The summed E-state index contributed by atoms with van der Waals surface area (Å²) in [6.45, 7) is 5.01. The van der Waals surface area contributed by atoms with Crippen LogP contribution in [0.5, 0.6) is 0 Å². The fourth-order valence-electron chi connectivity index (χ4n) is 3.76. The first-order chi connectivity index (χ1) is 13.0. The number of piperidine rings is 1. The number of fused-ring (bicyclic) bond motifs is 1. The molecule has 0 saturated carbocycles. The molecule has 2 amide bonds. The van der Waals surface area contributed by atoms with E-state index >= 15 is 0 Å². The SMILES string of the molecule is COCC(=O)NC(C)c1nc2ccccc2n1CC(=O)N1CCCCC1C. The van der Waals surface area contributed by atoms with Crippen molar-refractivity contribution in [2.75, 3.05) is 20.3 Å². The average molecular weight is 372 g/mol. The van der Waals surface area contributed by atoms with E-state index in [9.17, 15) is 9.59 Å². The molecule has 2 atom stereocenters. The van der Waals surface area contributed by atoms with E-state index in [0.717, 1.165) is 30.4 Å². The molecule has 0 radical (unpaired) electrons. The molecule has 2 aromatic rings. The zero-order valence-electron chi connectivity index (χ0n) is 16.3. The molecule has 2 heterocycles. The van der Waals surface area contributed by atoms with Gasteiger partial charge in [-0.15, -0.1) is 0 Å². The largest absolute Gasteiger partial charge is 0.375 e. The van der Waals surface area contributed by atoms with Gasteiger partial charge in [0.2, 0.25) is 11.8 Å². The Kier molecular flexibility index (Phi) is 6.11. The van der Waals surface area contributed by atoms with Crippen LogP contribution in [0.3, 0.4) is 0 Å². The van der Waals surface area contributed by atoms with Crippen LogP contribution in [0.15, 0.2) is 24.3 Å². The summed E-state index contributed by atoms with van der Waals surface area (Å²) in [5, 5.41) is 2.89. The average Bonchev–Trinajstić information content (AvgIpc) is 3.01. The van der Waals surface area contributed by atoms with Crippen LogP contribution in [0.2, 0.25) is 0 Å². The van der Waals surface area contributed by atoms with Crippen LogP contribution < -0.4 is 5.32 Å². The minimum atomic E-state index is -0.327. The van der Waals surface area contributed by atoms with Crippen molar-refractivity contribution in [3.05, 3.63) is 30.1 Å². The molecule has 1 N–H and O–H groups in total. The summed E-state index contributed by atoms with van der Waals surface area (Å²) < 4.78 is 6.81.